The molecular formula is C23H24N4O3. The number of hydrogen-bond donors (Lipinski definition) is 2. The summed E-state index contributed by atoms with van der Waals surface area (Å²) in [5.41, 5.74) is 7.39. The number of carbonyl (C=O) groups is 2. The number of pyridine rings is 1. The van der Waals surface area contributed by atoms with Crippen molar-refractivity contribution in [2.24, 2.45) is 0 Å². The van der Waals surface area contributed by atoms with Crippen LogP contribution >= 0.6 is 0 Å². The summed E-state index contributed by atoms with van der Waals surface area (Å²) >= 11 is 0. The summed E-state index contributed by atoms with van der Waals surface area (Å²) < 4.78 is 0. The molecule has 0 bridgehead atoms. The molecule has 1 fully saturated rings. The molecule has 4 heterocycles. The molecule has 1 aromatic carbocycles. The fourth-order valence-electron chi connectivity index (χ4n) is 4.92. The van der Waals surface area contributed by atoms with Gasteiger partial charge in [-0.1, -0.05) is 0 Å². The smallest absolute Gasteiger partial charge is 0.407 e. The first-order valence-electron chi connectivity index (χ1n) is 10.3. The van der Waals surface area contributed by atoms with Crippen LogP contribution in [0.1, 0.15) is 41.1 Å². The quantitative estimate of drug-likeness (QED) is 0.649. The van der Waals surface area contributed by atoms with Crippen molar-refractivity contribution in [3.8, 4) is 11.1 Å². The Kier molecular flexibility index (Phi) is 4.46. The number of carbonyl (C=O) groups excluding carboxylic acids is 1. The van der Waals surface area contributed by atoms with E-state index in [2.05, 4.69) is 28.2 Å². The number of nitrogens with zero attached hydrogens (tertiary/aromatic N) is 3. The largest absolute Gasteiger partial charge is 0.465 e. The lowest BCUT2D eigenvalue weighted by Gasteiger charge is -2.31. The summed E-state index contributed by atoms with van der Waals surface area (Å²) in [7, 11) is 0. The third kappa shape index (κ3) is 3.01. The Hall–Kier alpha value is -3.35. The molecule has 0 radical (unpaired) electrons. The lowest BCUT2D eigenvalue weighted by molar-refractivity contribution is -0.118. The lowest BCUT2D eigenvalue weighted by Crippen LogP contribution is -2.33. The van der Waals surface area contributed by atoms with E-state index >= 15 is 0 Å². The van der Waals surface area contributed by atoms with Crippen molar-refractivity contribution in [1.29, 1.82) is 0 Å². The van der Waals surface area contributed by atoms with E-state index in [-0.39, 0.29) is 6.04 Å². The third-order valence-corrected chi connectivity index (χ3v) is 6.48. The molecule has 5 rings (SSSR count). The van der Waals surface area contributed by atoms with Gasteiger partial charge in [0.1, 0.15) is 5.65 Å². The van der Waals surface area contributed by atoms with Crippen LogP contribution in [0.5, 0.6) is 0 Å². The maximum absolute atomic E-state index is 11.8. The van der Waals surface area contributed by atoms with Crippen molar-refractivity contribution < 1.29 is 14.7 Å². The fraction of sp³-hybridized carbons (Fsp3) is 0.348. The number of aromatic nitrogens is 2. The van der Waals surface area contributed by atoms with Crippen molar-refractivity contribution >= 4 is 23.5 Å². The molecule has 2 aliphatic heterocycles. The molecule has 3 aromatic rings. The zero-order valence-corrected chi connectivity index (χ0v) is 16.9. The second-order valence-corrected chi connectivity index (χ2v) is 8.25. The summed E-state index contributed by atoms with van der Waals surface area (Å²) in [5, 5.41) is 10.8. The Morgan fingerprint density at radius 1 is 1.27 bits per heavy atom. The van der Waals surface area contributed by atoms with Gasteiger partial charge in [-0.25, -0.2) is 9.78 Å². The van der Waals surface area contributed by atoms with Gasteiger partial charge in [0.25, 0.3) is 0 Å². The molecule has 0 unspecified atom stereocenters. The third-order valence-electron chi connectivity index (χ3n) is 6.48. The van der Waals surface area contributed by atoms with Gasteiger partial charge in [0.15, 0.2) is 0 Å². The molecule has 0 aliphatic carbocycles. The van der Waals surface area contributed by atoms with Gasteiger partial charge in [-0.15, -0.1) is 0 Å². The minimum Gasteiger partial charge on any atom is -0.465 e. The molecule has 1 atom stereocenters. The first kappa shape index (κ1) is 18.7. The highest BCUT2D eigenvalue weighted by atomic mass is 16.4. The summed E-state index contributed by atoms with van der Waals surface area (Å²) in [6, 6.07) is 6.28. The van der Waals surface area contributed by atoms with Crippen LogP contribution in [0.25, 0.3) is 22.2 Å². The van der Waals surface area contributed by atoms with Crippen LogP contribution in [0, 0.1) is 6.92 Å². The zero-order chi connectivity index (χ0) is 20.8. The molecule has 2 N–H and O–H groups in total. The number of hydrogen-bond acceptors (Lipinski definition) is 3. The van der Waals surface area contributed by atoms with Crippen LogP contribution in [-0.4, -0.2) is 50.5 Å². The average Bonchev–Trinajstić information content (AvgIpc) is 3.39. The molecule has 154 valence electrons. The minimum atomic E-state index is -0.868. The summed E-state index contributed by atoms with van der Waals surface area (Å²) in [6.45, 7) is 3.83. The van der Waals surface area contributed by atoms with E-state index < -0.39 is 6.09 Å². The van der Waals surface area contributed by atoms with E-state index in [4.69, 9.17) is 0 Å². The number of carboxylic acid groups (broad SMARTS) is 1. The number of benzene rings is 1. The number of aryl methyl sites for hydroxylation is 1. The number of rotatable bonds is 3. The number of aromatic amines is 1. The van der Waals surface area contributed by atoms with Crippen molar-refractivity contribution in [3.63, 3.8) is 0 Å². The summed E-state index contributed by atoms with van der Waals surface area (Å²) in [4.78, 5) is 34.3. The topological polar surface area (TPSA) is 89.5 Å². The Morgan fingerprint density at radius 3 is 2.93 bits per heavy atom. The van der Waals surface area contributed by atoms with Crippen molar-refractivity contribution in [2.75, 3.05) is 13.1 Å². The van der Waals surface area contributed by atoms with Crippen molar-refractivity contribution in [1.82, 2.24) is 19.8 Å². The number of nitrogens with one attached hydrogen (secondary N) is 1. The molecule has 1 saturated heterocycles. The van der Waals surface area contributed by atoms with Crippen molar-refractivity contribution in [2.45, 2.75) is 38.8 Å². The van der Waals surface area contributed by atoms with E-state index in [1.807, 2.05) is 19.3 Å². The van der Waals surface area contributed by atoms with Gasteiger partial charge in [-0.2, -0.15) is 0 Å². The van der Waals surface area contributed by atoms with Gasteiger partial charge in [-0.3, -0.25) is 4.79 Å². The Labute approximate surface area is 174 Å². The summed E-state index contributed by atoms with van der Waals surface area (Å²) in [6.07, 6.45) is 6.28. The van der Waals surface area contributed by atoms with Crippen LogP contribution < -0.4 is 0 Å². The predicted molar refractivity (Wildman–Crippen MR) is 113 cm³/mol. The van der Waals surface area contributed by atoms with Crippen LogP contribution in [0.4, 0.5) is 4.79 Å². The first-order chi connectivity index (χ1) is 14.5. The molecule has 7 nitrogen and oxygen atoms in total. The average molecular weight is 404 g/mol. The highest BCUT2D eigenvalue weighted by Crippen LogP contribution is 2.39. The maximum atomic E-state index is 11.8. The number of amides is 2. The summed E-state index contributed by atoms with van der Waals surface area (Å²) in [5.74, 6) is 0. The van der Waals surface area contributed by atoms with E-state index in [1.54, 1.807) is 9.80 Å². The molecule has 7 heteroatoms. The molecule has 30 heavy (non-hydrogen) atoms. The monoisotopic (exact) mass is 404 g/mol. The molecule has 2 aliphatic rings. The van der Waals surface area contributed by atoms with E-state index in [0.29, 0.717) is 19.6 Å². The molecule has 2 amide bonds. The van der Waals surface area contributed by atoms with Crippen LogP contribution in [0.15, 0.2) is 30.6 Å². The Bertz CT molecular complexity index is 1150. The van der Waals surface area contributed by atoms with Crippen LogP contribution in [-0.2, 0) is 17.8 Å². The number of H-pyrrole nitrogens is 1. The fourth-order valence-corrected chi connectivity index (χ4v) is 4.92. The van der Waals surface area contributed by atoms with Crippen molar-refractivity contribution in [3.05, 3.63) is 52.8 Å². The zero-order valence-electron chi connectivity index (χ0n) is 16.9. The van der Waals surface area contributed by atoms with Crippen LogP contribution in [0.3, 0.4) is 0 Å². The van der Waals surface area contributed by atoms with E-state index in [9.17, 15) is 14.7 Å². The maximum Gasteiger partial charge on any atom is 0.407 e. The van der Waals surface area contributed by atoms with E-state index in [1.165, 1.54) is 5.56 Å². The highest BCUT2D eigenvalue weighted by Gasteiger charge is 2.33. The van der Waals surface area contributed by atoms with Gasteiger partial charge in [-0.05, 0) is 72.2 Å². The van der Waals surface area contributed by atoms with Gasteiger partial charge >= 0.3 is 6.09 Å². The molecular weight excluding hydrogens is 380 g/mol. The van der Waals surface area contributed by atoms with E-state index in [0.717, 1.165) is 64.5 Å². The first-order valence-corrected chi connectivity index (χ1v) is 10.3. The predicted octanol–water partition coefficient (Wildman–Crippen LogP) is 3.87. The van der Waals surface area contributed by atoms with Gasteiger partial charge < -0.3 is 19.9 Å². The molecule has 2 aromatic heterocycles. The van der Waals surface area contributed by atoms with Gasteiger partial charge in [0.05, 0.1) is 6.04 Å². The standard InChI is InChI=1S/C23H24N4O3/c1-14-10-24-22-19(14)9-16(11-25-22)15-7-17-12-26(13-28)6-4-18(17)20(8-15)21-3-2-5-27(21)23(29)30/h7-11,13,21H,2-6,12H2,1H3,(H,24,25)(H,29,30)/t21-/m0/s1. The Morgan fingerprint density at radius 2 is 2.13 bits per heavy atom. The number of fused-ring (bicyclic) bond motifs is 2. The number of likely N-dealkylation sites (tertiary alicyclic amines) is 1. The van der Waals surface area contributed by atoms with Gasteiger partial charge in [0.2, 0.25) is 6.41 Å². The Balaban J connectivity index is 1.66. The second kappa shape index (κ2) is 7.16. The van der Waals surface area contributed by atoms with Crippen LogP contribution in [0.2, 0.25) is 0 Å². The second-order valence-electron chi connectivity index (χ2n) is 8.25. The molecule has 0 saturated carbocycles. The lowest BCUT2D eigenvalue weighted by atomic mass is 9.86. The highest BCUT2D eigenvalue weighted by molar-refractivity contribution is 5.84. The minimum absolute atomic E-state index is 0.135. The van der Waals surface area contributed by atoms with Gasteiger partial charge in [0, 0.05) is 43.0 Å². The SMILES string of the molecule is Cc1c[nH]c2ncc(-c3cc4c(c([C@@H]5CCCN5C(=O)O)c3)CCN(C=O)C4)cc12. The molecule has 0 spiro atoms. The normalized spacial score (nSPS) is 18.6.